The van der Waals surface area contributed by atoms with Crippen LogP contribution in [0.5, 0.6) is 0 Å². The van der Waals surface area contributed by atoms with Crippen LogP contribution in [0, 0.1) is 5.92 Å². The van der Waals surface area contributed by atoms with E-state index in [-0.39, 0.29) is 5.92 Å². The third kappa shape index (κ3) is 6.45. The van der Waals surface area contributed by atoms with E-state index in [2.05, 4.69) is 6.92 Å². The first kappa shape index (κ1) is 25.9. The molecule has 184 valence electrons. The van der Waals surface area contributed by atoms with Crippen LogP contribution in [0.3, 0.4) is 0 Å². The van der Waals surface area contributed by atoms with Gasteiger partial charge in [0.2, 0.25) is 0 Å². The molecule has 0 saturated heterocycles. The first-order valence-corrected chi connectivity index (χ1v) is 12.3. The molecule has 6 heteroatoms. The molecule has 1 saturated carbocycles. The monoisotopic (exact) mass is 468 g/mol. The zero-order chi connectivity index (χ0) is 24.6. The summed E-state index contributed by atoms with van der Waals surface area (Å²) in [6.45, 7) is 2.11. The van der Waals surface area contributed by atoms with Gasteiger partial charge in [0.05, 0.1) is 24.2 Å². The number of carbonyl (C=O) groups excluding carboxylic acids is 1. The van der Waals surface area contributed by atoms with Crippen molar-refractivity contribution < 1.29 is 29.6 Å². The first-order valence-electron chi connectivity index (χ1n) is 12.3. The second kappa shape index (κ2) is 12.1. The van der Waals surface area contributed by atoms with Gasteiger partial charge in [0.1, 0.15) is 0 Å². The molecule has 1 fully saturated rings. The minimum Gasteiger partial charge on any atom is -0.481 e. The van der Waals surface area contributed by atoms with Crippen LogP contribution in [0.1, 0.15) is 75.1 Å². The molecule has 0 aromatic heterocycles. The average Bonchev–Trinajstić information content (AvgIpc) is 3.12. The summed E-state index contributed by atoms with van der Waals surface area (Å²) in [6, 6.07) is 16.6. The lowest BCUT2D eigenvalue weighted by molar-refractivity contribution is -0.152. The Balaban J connectivity index is 1.78. The van der Waals surface area contributed by atoms with E-state index in [9.17, 15) is 24.9 Å². The van der Waals surface area contributed by atoms with Crippen molar-refractivity contribution in [1.82, 2.24) is 0 Å². The third-order valence-electron chi connectivity index (χ3n) is 6.95. The van der Waals surface area contributed by atoms with E-state index in [1.807, 2.05) is 36.4 Å². The second-order valence-electron chi connectivity index (χ2n) is 9.38. The molecule has 1 aliphatic rings. The summed E-state index contributed by atoms with van der Waals surface area (Å²) < 4.78 is 5.89. The number of esters is 1. The topological polar surface area (TPSA) is 104 Å². The lowest BCUT2D eigenvalue weighted by Crippen LogP contribution is -2.49. The molecule has 0 amide bonds. The molecule has 1 aliphatic carbocycles. The van der Waals surface area contributed by atoms with Gasteiger partial charge in [-0.25, -0.2) is 4.79 Å². The molecular weight excluding hydrogens is 432 g/mol. The lowest BCUT2D eigenvalue weighted by Gasteiger charge is -2.37. The maximum Gasteiger partial charge on any atom is 0.338 e. The van der Waals surface area contributed by atoms with Crippen molar-refractivity contribution in [2.45, 2.75) is 82.5 Å². The fourth-order valence-corrected chi connectivity index (χ4v) is 5.05. The van der Waals surface area contributed by atoms with E-state index in [4.69, 9.17) is 4.74 Å². The Morgan fingerprint density at radius 2 is 1.76 bits per heavy atom. The average molecular weight is 469 g/mol. The van der Waals surface area contributed by atoms with Gasteiger partial charge in [-0.3, -0.25) is 4.79 Å². The van der Waals surface area contributed by atoms with E-state index >= 15 is 0 Å². The van der Waals surface area contributed by atoms with Crippen LogP contribution in [0.25, 0.3) is 11.1 Å². The number of carboxylic acids is 1. The second-order valence-corrected chi connectivity index (χ2v) is 9.38. The SMILES string of the molecule is CCCCCC(O)CCC1CCC(O)C1(CC(=O)O)OC(=O)c1cccc(-c2ccccc2)c1. The van der Waals surface area contributed by atoms with Gasteiger partial charge in [-0.2, -0.15) is 0 Å². The molecule has 6 nitrogen and oxygen atoms in total. The summed E-state index contributed by atoms with van der Waals surface area (Å²) in [4.78, 5) is 25.0. The Kier molecular flexibility index (Phi) is 9.25. The van der Waals surface area contributed by atoms with Crippen LogP contribution in [0.15, 0.2) is 54.6 Å². The quantitative estimate of drug-likeness (QED) is 0.292. The number of hydrogen-bond donors (Lipinski definition) is 3. The van der Waals surface area contributed by atoms with Crippen molar-refractivity contribution >= 4 is 11.9 Å². The molecule has 2 aromatic rings. The number of aliphatic carboxylic acids is 1. The van der Waals surface area contributed by atoms with Gasteiger partial charge in [0.25, 0.3) is 0 Å². The van der Waals surface area contributed by atoms with E-state index in [0.29, 0.717) is 37.7 Å². The summed E-state index contributed by atoms with van der Waals surface area (Å²) in [6.07, 6.45) is 3.66. The Hall–Kier alpha value is -2.70. The Morgan fingerprint density at radius 1 is 1.03 bits per heavy atom. The van der Waals surface area contributed by atoms with Crippen LogP contribution >= 0.6 is 0 Å². The molecule has 3 N–H and O–H groups in total. The Bertz CT molecular complexity index is 943. The van der Waals surface area contributed by atoms with Crippen LogP contribution in [0.2, 0.25) is 0 Å². The van der Waals surface area contributed by atoms with Crippen molar-refractivity contribution in [2.75, 3.05) is 0 Å². The number of benzene rings is 2. The van der Waals surface area contributed by atoms with Gasteiger partial charge in [-0.1, -0.05) is 68.7 Å². The standard InChI is InChI=1S/C28H36O6/c1-2-3-5-13-24(29)16-14-23-15-17-25(30)28(23,19-26(31)32)34-27(33)22-12-8-11-21(18-22)20-9-6-4-7-10-20/h4,6-12,18,23-25,29-30H,2-3,5,13-17,19H2,1H3,(H,31,32). The summed E-state index contributed by atoms with van der Waals surface area (Å²) in [5.74, 6) is -2.10. The number of ether oxygens (including phenoxy) is 1. The summed E-state index contributed by atoms with van der Waals surface area (Å²) >= 11 is 0. The Labute approximate surface area is 201 Å². The van der Waals surface area contributed by atoms with Gasteiger partial charge in [-0.05, 0) is 55.4 Å². The minimum atomic E-state index is -1.51. The highest BCUT2D eigenvalue weighted by Crippen LogP contribution is 2.45. The number of carboxylic acid groups (broad SMARTS) is 1. The largest absolute Gasteiger partial charge is 0.481 e. The zero-order valence-electron chi connectivity index (χ0n) is 19.9. The number of aliphatic hydroxyl groups excluding tert-OH is 2. The minimum absolute atomic E-state index is 0.309. The van der Waals surface area contributed by atoms with Gasteiger partial charge in [0, 0.05) is 5.92 Å². The van der Waals surface area contributed by atoms with Gasteiger partial charge in [-0.15, -0.1) is 0 Å². The molecule has 4 unspecified atom stereocenters. The zero-order valence-corrected chi connectivity index (χ0v) is 19.9. The van der Waals surface area contributed by atoms with Crippen molar-refractivity contribution in [2.24, 2.45) is 5.92 Å². The Morgan fingerprint density at radius 3 is 2.47 bits per heavy atom. The summed E-state index contributed by atoms with van der Waals surface area (Å²) in [5.41, 5.74) is 0.604. The molecule has 0 aliphatic heterocycles. The molecule has 0 radical (unpaired) electrons. The lowest BCUT2D eigenvalue weighted by atomic mass is 9.82. The van der Waals surface area contributed by atoms with Crippen molar-refractivity contribution in [3.63, 3.8) is 0 Å². The van der Waals surface area contributed by atoms with Crippen molar-refractivity contribution in [3.8, 4) is 11.1 Å². The van der Waals surface area contributed by atoms with Gasteiger partial charge >= 0.3 is 11.9 Å². The highest BCUT2D eigenvalue weighted by atomic mass is 16.6. The fourth-order valence-electron chi connectivity index (χ4n) is 5.05. The van der Waals surface area contributed by atoms with E-state index in [1.165, 1.54) is 0 Å². The maximum atomic E-state index is 13.2. The van der Waals surface area contributed by atoms with E-state index in [1.54, 1.807) is 18.2 Å². The normalized spacial score (nSPS) is 22.9. The predicted molar refractivity (Wildman–Crippen MR) is 130 cm³/mol. The molecule has 2 aromatic carbocycles. The van der Waals surface area contributed by atoms with Crippen LogP contribution < -0.4 is 0 Å². The number of carbonyl (C=O) groups is 2. The van der Waals surface area contributed by atoms with Crippen LogP contribution in [-0.4, -0.2) is 45.1 Å². The van der Waals surface area contributed by atoms with Crippen LogP contribution in [-0.2, 0) is 9.53 Å². The number of hydrogen-bond acceptors (Lipinski definition) is 5. The first-order chi connectivity index (χ1) is 16.4. The van der Waals surface area contributed by atoms with E-state index < -0.39 is 36.2 Å². The fraction of sp³-hybridized carbons (Fsp3) is 0.500. The smallest absolute Gasteiger partial charge is 0.338 e. The molecule has 0 bridgehead atoms. The predicted octanol–water partition coefficient (Wildman–Crippen LogP) is 5.22. The molecule has 4 atom stereocenters. The van der Waals surface area contributed by atoms with E-state index in [0.717, 1.165) is 30.4 Å². The maximum absolute atomic E-state index is 13.2. The summed E-state index contributed by atoms with van der Waals surface area (Å²) in [7, 11) is 0. The molecule has 0 heterocycles. The number of rotatable bonds is 12. The molecule has 0 spiro atoms. The third-order valence-corrected chi connectivity index (χ3v) is 6.95. The van der Waals surface area contributed by atoms with Crippen molar-refractivity contribution in [1.29, 1.82) is 0 Å². The molecular formula is C28H36O6. The number of unbranched alkanes of at least 4 members (excludes halogenated alkanes) is 2. The van der Waals surface area contributed by atoms with Gasteiger partial charge in [0.15, 0.2) is 5.60 Å². The highest BCUT2D eigenvalue weighted by molar-refractivity contribution is 5.91. The molecule has 34 heavy (non-hydrogen) atoms. The number of aliphatic hydroxyl groups is 2. The van der Waals surface area contributed by atoms with Crippen molar-refractivity contribution in [3.05, 3.63) is 60.2 Å². The summed E-state index contributed by atoms with van der Waals surface area (Å²) in [5, 5.41) is 30.8. The van der Waals surface area contributed by atoms with Gasteiger partial charge < -0.3 is 20.1 Å². The highest BCUT2D eigenvalue weighted by Gasteiger charge is 2.54. The van der Waals surface area contributed by atoms with Crippen LogP contribution in [0.4, 0.5) is 0 Å². The molecule has 3 rings (SSSR count).